The number of aliphatic carboxylic acids is 3. The van der Waals surface area contributed by atoms with E-state index in [0.717, 1.165) is 0 Å². The standard InChI is InChI=1S/C6H8O7.C3H2N2.Au.K.H/c7-3(8)1-6(13,5(11)12)2-4(9)10;4-2-1-3-5;;;/h13H,1-2H2,(H,7,8)(H,9,10)(H,11,12);1H2;;;/q;;;+1;-1. The Morgan fingerprint density at radius 1 is 1.00 bits per heavy atom. The maximum Gasteiger partial charge on any atom is 1.00 e. The number of carboxylic acid groups (broad SMARTS) is 3. The summed E-state index contributed by atoms with van der Waals surface area (Å²) in [6.07, 6.45) is -2.29. The Labute approximate surface area is 173 Å². The van der Waals surface area contributed by atoms with Gasteiger partial charge in [-0.15, -0.1) is 0 Å². The average molecular weight is 495 g/mol. The molecule has 0 aromatic rings. The molecule has 0 rings (SSSR count). The molecule has 0 spiro atoms. The Balaban J connectivity index is -0.0000000933. The molecule has 0 saturated carbocycles. The molecule has 0 saturated heterocycles. The number of nitrogens with zero attached hydrogens (tertiary/aromatic N) is 2. The van der Waals surface area contributed by atoms with E-state index in [1.807, 2.05) is 0 Å². The van der Waals surface area contributed by atoms with Crippen molar-refractivity contribution in [3.05, 3.63) is 0 Å². The third-order valence-corrected chi connectivity index (χ3v) is 1.44. The van der Waals surface area contributed by atoms with Gasteiger partial charge in [0, 0.05) is 22.4 Å². The second-order valence-electron chi connectivity index (χ2n) is 2.97. The molecule has 111 valence electrons. The molecule has 4 N–H and O–H groups in total. The minimum atomic E-state index is -2.74. The van der Waals surface area contributed by atoms with Crippen molar-refractivity contribution in [2.75, 3.05) is 0 Å². The van der Waals surface area contributed by atoms with E-state index in [0.29, 0.717) is 0 Å². The molecule has 20 heavy (non-hydrogen) atoms. The van der Waals surface area contributed by atoms with Gasteiger partial charge in [-0.1, -0.05) is 0 Å². The predicted octanol–water partition coefficient (Wildman–Crippen LogP) is -3.71. The summed E-state index contributed by atoms with van der Waals surface area (Å²) in [4.78, 5) is 30.5. The van der Waals surface area contributed by atoms with Crippen LogP contribution in [0.5, 0.6) is 0 Å². The Morgan fingerprint density at radius 2 is 1.30 bits per heavy atom. The maximum atomic E-state index is 10.3. The number of carboxylic acids is 3. The zero-order valence-corrected chi connectivity index (χ0v) is 15.6. The third kappa shape index (κ3) is 15.8. The minimum Gasteiger partial charge on any atom is -1.00 e. The molecule has 0 bridgehead atoms. The van der Waals surface area contributed by atoms with Gasteiger partial charge in [-0.05, 0) is 0 Å². The first-order valence-corrected chi connectivity index (χ1v) is 4.33. The van der Waals surface area contributed by atoms with Crippen LogP contribution in [0.15, 0.2) is 0 Å². The molecule has 11 heteroatoms. The summed E-state index contributed by atoms with van der Waals surface area (Å²) in [5.41, 5.74) is -2.74. The van der Waals surface area contributed by atoms with E-state index in [4.69, 9.17) is 30.9 Å². The summed E-state index contributed by atoms with van der Waals surface area (Å²) in [5.74, 6) is -5.02. The van der Waals surface area contributed by atoms with E-state index < -0.39 is 36.4 Å². The monoisotopic (exact) mass is 495 g/mol. The normalized spacial score (nSPS) is 8.15. The fraction of sp³-hybridized carbons (Fsp3) is 0.444. The summed E-state index contributed by atoms with van der Waals surface area (Å²) >= 11 is 0. The molecule has 0 unspecified atom stereocenters. The second-order valence-corrected chi connectivity index (χ2v) is 2.97. The molecular weight excluding hydrogens is 484 g/mol. The Bertz CT molecular complexity index is 393. The number of aliphatic hydroxyl groups is 1. The van der Waals surface area contributed by atoms with Gasteiger partial charge in [0.25, 0.3) is 0 Å². The molecule has 0 aliphatic heterocycles. The van der Waals surface area contributed by atoms with Gasteiger partial charge in [-0.25, -0.2) is 4.79 Å². The molecule has 0 heterocycles. The van der Waals surface area contributed by atoms with Crippen molar-refractivity contribution in [1.29, 1.82) is 10.5 Å². The summed E-state index contributed by atoms with van der Waals surface area (Å²) in [6.45, 7) is 0. The smallest absolute Gasteiger partial charge is 1.00 e. The predicted molar refractivity (Wildman–Crippen MR) is 54.0 cm³/mol. The number of carbonyl (C=O) groups is 3. The van der Waals surface area contributed by atoms with Crippen LogP contribution < -0.4 is 51.4 Å². The molecule has 0 aromatic carbocycles. The van der Waals surface area contributed by atoms with E-state index in [1.165, 1.54) is 0 Å². The fourth-order valence-electron chi connectivity index (χ4n) is 0.749. The quantitative estimate of drug-likeness (QED) is 0.279. The van der Waals surface area contributed by atoms with Crippen LogP contribution in [0.4, 0.5) is 0 Å². The van der Waals surface area contributed by atoms with Crippen LogP contribution in [0.25, 0.3) is 0 Å². The van der Waals surface area contributed by atoms with Crippen LogP contribution in [0, 0.1) is 22.7 Å². The first kappa shape index (κ1) is 28.0. The van der Waals surface area contributed by atoms with Crippen LogP contribution >= 0.6 is 0 Å². The summed E-state index contributed by atoms with van der Waals surface area (Å²) < 4.78 is 0. The second kappa shape index (κ2) is 15.1. The van der Waals surface area contributed by atoms with E-state index in [-0.39, 0.29) is 81.6 Å². The van der Waals surface area contributed by atoms with Crippen molar-refractivity contribution in [2.45, 2.75) is 24.9 Å². The van der Waals surface area contributed by atoms with Gasteiger partial charge >= 0.3 is 69.3 Å². The first-order valence-electron chi connectivity index (χ1n) is 4.33. The maximum absolute atomic E-state index is 10.3. The molecule has 0 aromatic heterocycles. The van der Waals surface area contributed by atoms with Gasteiger partial charge in [-0.2, -0.15) is 10.5 Å². The molecule has 9 nitrogen and oxygen atoms in total. The van der Waals surface area contributed by atoms with Gasteiger partial charge < -0.3 is 21.9 Å². The SMILES string of the molecule is N#CCC#N.O=C(O)CC(O)(CC(=O)O)C(=O)O.[Au].[H-].[K+]. The van der Waals surface area contributed by atoms with Crippen molar-refractivity contribution in [1.82, 2.24) is 0 Å². The Morgan fingerprint density at radius 3 is 1.40 bits per heavy atom. The Kier molecular flexibility index (Phi) is 21.1. The fourth-order valence-corrected chi connectivity index (χ4v) is 0.749. The molecule has 1 radical (unpaired) electrons. The van der Waals surface area contributed by atoms with Crippen molar-refractivity contribution < 1.29 is 110 Å². The van der Waals surface area contributed by atoms with E-state index in [1.54, 1.807) is 12.1 Å². The number of hydrogen-bond donors (Lipinski definition) is 4. The Hall–Kier alpha value is -0.273. The average Bonchev–Trinajstić information content (AvgIpc) is 2.16. The zero-order chi connectivity index (χ0) is 14.8. The third-order valence-electron chi connectivity index (χ3n) is 1.44. The molecule has 0 aliphatic rings. The summed E-state index contributed by atoms with van der Waals surface area (Å²) in [7, 11) is 0. The van der Waals surface area contributed by atoms with Crippen molar-refractivity contribution in [2.24, 2.45) is 0 Å². The number of nitriles is 2. The van der Waals surface area contributed by atoms with E-state index >= 15 is 0 Å². The van der Waals surface area contributed by atoms with Crippen molar-refractivity contribution in [3.63, 3.8) is 0 Å². The summed E-state index contributed by atoms with van der Waals surface area (Å²) in [5, 5.41) is 49.0. The van der Waals surface area contributed by atoms with Crippen molar-refractivity contribution >= 4 is 17.9 Å². The molecule has 0 fully saturated rings. The van der Waals surface area contributed by atoms with Gasteiger partial charge in [0.15, 0.2) is 5.60 Å². The molecule has 0 atom stereocenters. The number of hydrogen-bond acceptors (Lipinski definition) is 6. The van der Waals surface area contributed by atoms with Crippen LogP contribution in [-0.2, 0) is 36.8 Å². The van der Waals surface area contributed by atoms with E-state index in [2.05, 4.69) is 0 Å². The molecular formula is C9H11AuKN2O7. The summed E-state index contributed by atoms with van der Waals surface area (Å²) in [6, 6.07) is 3.31. The largest absolute Gasteiger partial charge is 1.00 e. The van der Waals surface area contributed by atoms with Crippen LogP contribution in [0.3, 0.4) is 0 Å². The first-order chi connectivity index (χ1) is 8.19. The van der Waals surface area contributed by atoms with Crippen LogP contribution in [0.1, 0.15) is 20.7 Å². The van der Waals surface area contributed by atoms with Gasteiger partial charge in [-0.3, -0.25) is 9.59 Å². The molecule has 0 aliphatic carbocycles. The van der Waals surface area contributed by atoms with Crippen LogP contribution in [0.2, 0.25) is 0 Å². The van der Waals surface area contributed by atoms with Gasteiger partial charge in [0.05, 0.1) is 25.0 Å². The zero-order valence-electron chi connectivity index (χ0n) is 11.3. The molecule has 0 amide bonds. The van der Waals surface area contributed by atoms with Crippen molar-refractivity contribution in [3.8, 4) is 12.1 Å². The topological polar surface area (TPSA) is 180 Å². The van der Waals surface area contributed by atoms with Gasteiger partial charge in [0.1, 0.15) is 6.42 Å². The number of rotatable bonds is 5. The minimum absolute atomic E-state index is 0. The van der Waals surface area contributed by atoms with Crippen LogP contribution in [-0.4, -0.2) is 43.9 Å². The van der Waals surface area contributed by atoms with E-state index in [9.17, 15) is 14.4 Å². The van der Waals surface area contributed by atoms with Gasteiger partial charge in [0.2, 0.25) is 0 Å².